The Labute approximate surface area is 121 Å². The fourth-order valence-corrected chi connectivity index (χ4v) is 1.54. The summed E-state index contributed by atoms with van der Waals surface area (Å²) in [5, 5.41) is 2.57. The van der Waals surface area contributed by atoms with Crippen molar-refractivity contribution in [2.75, 3.05) is 5.32 Å². The first-order chi connectivity index (χ1) is 10.1. The van der Waals surface area contributed by atoms with E-state index < -0.39 is 11.9 Å². The SMILES string of the molecule is Cc1ccc(/C=C/C(=O)NNC(=O)Nc2ccccc2)o1. The topological polar surface area (TPSA) is 83.4 Å². The second kappa shape index (κ2) is 6.95. The number of hydrogen-bond acceptors (Lipinski definition) is 3. The van der Waals surface area contributed by atoms with E-state index in [1.54, 1.807) is 36.4 Å². The summed E-state index contributed by atoms with van der Waals surface area (Å²) in [6, 6.07) is 11.9. The third-order valence-corrected chi connectivity index (χ3v) is 2.49. The molecule has 1 heterocycles. The molecule has 3 N–H and O–H groups in total. The van der Waals surface area contributed by atoms with Crippen LogP contribution >= 0.6 is 0 Å². The molecule has 2 rings (SSSR count). The van der Waals surface area contributed by atoms with Crippen LogP contribution in [0.15, 0.2) is 53.0 Å². The maximum Gasteiger partial charge on any atom is 0.337 e. The summed E-state index contributed by atoms with van der Waals surface area (Å²) < 4.78 is 5.27. The molecule has 6 nitrogen and oxygen atoms in total. The lowest BCUT2D eigenvalue weighted by Gasteiger charge is -2.07. The van der Waals surface area contributed by atoms with Crippen LogP contribution in [-0.4, -0.2) is 11.9 Å². The van der Waals surface area contributed by atoms with Crippen LogP contribution in [0.4, 0.5) is 10.5 Å². The van der Waals surface area contributed by atoms with Gasteiger partial charge in [-0.1, -0.05) is 18.2 Å². The first-order valence-corrected chi connectivity index (χ1v) is 6.30. The number of hydrogen-bond donors (Lipinski definition) is 3. The van der Waals surface area contributed by atoms with Gasteiger partial charge in [-0.25, -0.2) is 10.2 Å². The Hall–Kier alpha value is -3.02. The molecular formula is C15H15N3O3. The quantitative estimate of drug-likeness (QED) is 0.598. The van der Waals surface area contributed by atoms with Gasteiger partial charge in [0.05, 0.1) is 0 Å². The Morgan fingerprint density at radius 1 is 1.05 bits per heavy atom. The van der Waals surface area contributed by atoms with Gasteiger partial charge in [0.2, 0.25) is 0 Å². The zero-order valence-electron chi connectivity index (χ0n) is 11.4. The Morgan fingerprint density at radius 2 is 1.81 bits per heavy atom. The molecule has 6 heteroatoms. The second-order valence-electron chi connectivity index (χ2n) is 4.22. The molecule has 0 spiro atoms. The van der Waals surface area contributed by atoms with E-state index in [0.29, 0.717) is 11.4 Å². The van der Waals surface area contributed by atoms with Crippen LogP contribution in [0.1, 0.15) is 11.5 Å². The fourth-order valence-electron chi connectivity index (χ4n) is 1.54. The summed E-state index contributed by atoms with van der Waals surface area (Å²) >= 11 is 0. The number of urea groups is 1. The highest BCUT2D eigenvalue weighted by Gasteiger charge is 2.02. The van der Waals surface area contributed by atoms with Crippen molar-refractivity contribution in [2.24, 2.45) is 0 Å². The molecule has 0 saturated carbocycles. The van der Waals surface area contributed by atoms with Gasteiger partial charge in [0, 0.05) is 11.8 Å². The number of nitrogens with one attached hydrogen (secondary N) is 3. The van der Waals surface area contributed by atoms with E-state index >= 15 is 0 Å². The summed E-state index contributed by atoms with van der Waals surface area (Å²) in [7, 11) is 0. The summed E-state index contributed by atoms with van der Waals surface area (Å²) in [6.07, 6.45) is 2.78. The minimum atomic E-state index is -0.531. The standard InChI is InChI=1S/C15H15N3O3/c1-11-7-8-13(21-11)9-10-14(19)17-18-15(20)16-12-5-3-2-4-6-12/h2-10H,1H3,(H,17,19)(H2,16,18,20)/b10-9+. The molecule has 1 aromatic heterocycles. The van der Waals surface area contributed by atoms with Crippen LogP contribution in [0.5, 0.6) is 0 Å². The van der Waals surface area contributed by atoms with Crippen LogP contribution in [0.3, 0.4) is 0 Å². The minimum absolute atomic E-state index is 0.465. The molecule has 0 aliphatic carbocycles. The predicted octanol–water partition coefficient (Wildman–Crippen LogP) is 2.45. The molecule has 21 heavy (non-hydrogen) atoms. The second-order valence-corrected chi connectivity index (χ2v) is 4.22. The predicted molar refractivity (Wildman–Crippen MR) is 79.2 cm³/mol. The van der Waals surface area contributed by atoms with Gasteiger partial charge in [-0.15, -0.1) is 0 Å². The van der Waals surface area contributed by atoms with Crippen molar-refractivity contribution in [3.8, 4) is 0 Å². The van der Waals surface area contributed by atoms with Crippen LogP contribution < -0.4 is 16.2 Å². The lowest BCUT2D eigenvalue weighted by atomic mass is 10.3. The largest absolute Gasteiger partial charge is 0.462 e. The van der Waals surface area contributed by atoms with Crippen molar-refractivity contribution < 1.29 is 14.0 Å². The number of hydrazine groups is 1. The number of carbonyl (C=O) groups is 2. The van der Waals surface area contributed by atoms with Gasteiger partial charge in [0.1, 0.15) is 11.5 Å². The van der Waals surface area contributed by atoms with Crippen molar-refractivity contribution in [3.05, 3.63) is 60.1 Å². The molecule has 0 fully saturated rings. The van der Waals surface area contributed by atoms with Crippen LogP contribution in [0.2, 0.25) is 0 Å². The summed E-state index contributed by atoms with van der Waals surface area (Å²) in [6.45, 7) is 1.81. The smallest absolute Gasteiger partial charge is 0.337 e. The number of para-hydroxylation sites is 1. The highest BCUT2D eigenvalue weighted by molar-refractivity contribution is 5.95. The molecule has 1 aromatic carbocycles. The fraction of sp³-hybridized carbons (Fsp3) is 0.0667. The Bertz CT molecular complexity index is 647. The Morgan fingerprint density at radius 3 is 2.48 bits per heavy atom. The third-order valence-electron chi connectivity index (χ3n) is 2.49. The normalized spacial score (nSPS) is 10.3. The zero-order chi connectivity index (χ0) is 15.1. The van der Waals surface area contributed by atoms with Gasteiger partial charge in [0.25, 0.3) is 5.91 Å². The van der Waals surface area contributed by atoms with E-state index in [4.69, 9.17) is 4.42 Å². The number of amides is 3. The van der Waals surface area contributed by atoms with Gasteiger partial charge in [-0.3, -0.25) is 10.2 Å². The summed E-state index contributed by atoms with van der Waals surface area (Å²) in [5.74, 6) is 0.860. The number of carbonyl (C=O) groups excluding carboxylic acids is 2. The summed E-state index contributed by atoms with van der Waals surface area (Å²) in [5.41, 5.74) is 5.12. The highest BCUT2D eigenvalue weighted by atomic mass is 16.3. The number of rotatable bonds is 3. The van der Waals surface area contributed by atoms with Gasteiger partial charge >= 0.3 is 6.03 Å². The van der Waals surface area contributed by atoms with Crippen molar-refractivity contribution in [3.63, 3.8) is 0 Å². The van der Waals surface area contributed by atoms with Crippen molar-refractivity contribution in [1.29, 1.82) is 0 Å². The molecule has 0 aliphatic heterocycles. The van der Waals surface area contributed by atoms with E-state index in [1.165, 1.54) is 12.2 Å². The van der Waals surface area contributed by atoms with Crippen LogP contribution in [-0.2, 0) is 4.79 Å². The molecular weight excluding hydrogens is 270 g/mol. The van der Waals surface area contributed by atoms with Gasteiger partial charge < -0.3 is 9.73 Å². The number of furan rings is 1. The molecule has 0 unspecified atom stereocenters. The first-order valence-electron chi connectivity index (χ1n) is 6.30. The number of benzene rings is 1. The van der Waals surface area contributed by atoms with E-state index in [2.05, 4.69) is 16.2 Å². The van der Waals surface area contributed by atoms with Crippen LogP contribution in [0.25, 0.3) is 6.08 Å². The molecule has 2 aromatic rings. The Kier molecular flexibility index (Phi) is 4.76. The van der Waals surface area contributed by atoms with E-state index in [-0.39, 0.29) is 0 Å². The molecule has 3 amide bonds. The minimum Gasteiger partial charge on any atom is -0.462 e. The molecule has 108 valence electrons. The lowest BCUT2D eigenvalue weighted by Crippen LogP contribution is -2.43. The average molecular weight is 285 g/mol. The molecule has 0 aliphatic rings. The highest BCUT2D eigenvalue weighted by Crippen LogP contribution is 2.07. The van der Waals surface area contributed by atoms with Crippen molar-refractivity contribution in [1.82, 2.24) is 10.9 Å². The first kappa shape index (κ1) is 14.4. The zero-order valence-corrected chi connectivity index (χ0v) is 11.4. The number of aryl methyl sites for hydroxylation is 1. The van der Waals surface area contributed by atoms with Crippen LogP contribution in [0, 0.1) is 6.92 Å². The van der Waals surface area contributed by atoms with Gasteiger partial charge in [-0.05, 0) is 37.3 Å². The monoisotopic (exact) mass is 285 g/mol. The van der Waals surface area contributed by atoms with Crippen molar-refractivity contribution >= 4 is 23.7 Å². The number of anilines is 1. The van der Waals surface area contributed by atoms with E-state index in [0.717, 1.165) is 5.76 Å². The summed E-state index contributed by atoms with van der Waals surface area (Å²) in [4.78, 5) is 23.0. The lowest BCUT2D eigenvalue weighted by molar-refractivity contribution is -0.117. The van der Waals surface area contributed by atoms with Gasteiger partial charge in [0.15, 0.2) is 0 Å². The van der Waals surface area contributed by atoms with E-state index in [9.17, 15) is 9.59 Å². The molecule has 0 atom stereocenters. The molecule has 0 bridgehead atoms. The maximum absolute atomic E-state index is 11.5. The Balaban J connectivity index is 1.76. The van der Waals surface area contributed by atoms with E-state index in [1.807, 2.05) is 13.0 Å². The van der Waals surface area contributed by atoms with Gasteiger partial charge in [-0.2, -0.15) is 0 Å². The average Bonchev–Trinajstić information content (AvgIpc) is 2.90. The molecule has 0 saturated heterocycles. The van der Waals surface area contributed by atoms with Crippen molar-refractivity contribution in [2.45, 2.75) is 6.92 Å². The third kappa shape index (κ3) is 4.87. The maximum atomic E-state index is 11.5. The molecule has 0 radical (unpaired) electrons.